The maximum absolute atomic E-state index is 5.53. The summed E-state index contributed by atoms with van der Waals surface area (Å²) in [5.74, 6) is 0.982. The van der Waals surface area contributed by atoms with Gasteiger partial charge in [0.05, 0.1) is 7.11 Å². The third-order valence-electron chi connectivity index (χ3n) is 4.13. The summed E-state index contributed by atoms with van der Waals surface area (Å²) >= 11 is 0. The SMILES string of the molecule is CCCC(C)(CNC(C)C)Cc1ncc(C)c(OC)c1C. The van der Waals surface area contributed by atoms with Crippen molar-refractivity contribution in [3.05, 3.63) is 23.0 Å². The molecule has 0 bridgehead atoms. The van der Waals surface area contributed by atoms with Crippen LogP contribution in [0.5, 0.6) is 5.75 Å². The second-order valence-electron chi connectivity index (χ2n) is 6.82. The number of nitrogens with one attached hydrogen (secondary N) is 1. The van der Waals surface area contributed by atoms with E-state index in [2.05, 4.69) is 44.9 Å². The minimum Gasteiger partial charge on any atom is -0.496 e. The molecule has 0 radical (unpaired) electrons. The van der Waals surface area contributed by atoms with Crippen molar-refractivity contribution in [2.75, 3.05) is 13.7 Å². The number of aromatic nitrogens is 1. The van der Waals surface area contributed by atoms with Gasteiger partial charge in [-0.15, -0.1) is 0 Å². The predicted octanol–water partition coefficient (Wildman–Crippen LogP) is 4.05. The summed E-state index contributed by atoms with van der Waals surface area (Å²) in [7, 11) is 1.74. The van der Waals surface area contributed by atoms with Gasteiger partial charge in [-0.3, -0.25) is 4.98 Å². The van der Waals surface area contributed by atoms with E-state index in [1.165, 1.54) is 24.1 Å². The van der Waals surface area contributed by atoms with Crippen molar-refractivity contribution >= 4 is 0 Å². The summed E-state index contributed by atoms with van der Waals surface area (Å²) in [4.78, 5) is 4.67. The highest BCUT2D eigenvalue weighted by molar-refractivity contribution is 5.41. The number of nitrogens with zero attached hydrogens (tertiary/aromatic N) is 1. The summed E-state index contributed by atoms with van der Waals surface area (Å²) in [5.41, 5.74) is 3.69. The molecule has 1 aromatic rings. The van der Waals surface area contributed by atoms with Crippen LogP contribution < -0.4 is 10.1 Å². The number of ether oxygens (including phenoxy) is 1. The summed E-state index contributed by atoms with van der Waals surface area (Å²) < 4.78 is 5.53. The monoisotopic (exact) mass is 292 g/mol. The molecule has 1 heterocycles. The molecule has 1 N–H and O–H groups in total. The van der Waals surface area contributed by atoms with Crippen LogP contribution in [0.4, 0.5) is 0 Å². The van der Waals surface area contributed by atoms with Crippen LogP contribution in [-0.4, -0.2) is 24.7 Å². The topological polar surface area (TPSA) is 34.2 Å². The van der Waals surface area contributed by atoms with E-state index in [-0.39, 0.29) is 5.41 Å². The Hall–Kier alpha value is -1.09. The lowest BCUT2D eigenvalue weighted by Gasteiger charge is -2.31. The maximum Gasteiger partial charge on any atom is 0.128 e. The minimum atomic E-state index is 0.233. The van der Waals surface area contributed by atoms with E-state index in [9.17, 15) is 0 Å². The van der Waals surface area contributed by atoms with Crippen LogP contribution >= 0.6 is 0 Å². The Morgan fingerprint density at radius 2 is 2.00 bits per heavy atom. The Balaban J connectivity index is 2.98. The summed E-state index contributed by atoms with van der Waals surface area (Å²) in [5, 5.41) is 3.59. The lowest BCUT2D eigenvalue weighted by Crippen LogP contribution is -2.37. The van der Waals surface area contributed by atoms with Gasteiger partial charge in [0, 0.05) is 35.6 Å². The van der Waals surface area contributed by atoms with E-state index in [0.717, 1.165) is 24.3 Å². The number of rotatable bonds is 8. The van der Waals surface area contributed by atoms with Crippen molar-refractivity contribution in [1.29, 1.82) is 0 Å². The highest BCUT2D eigenvalue weighted by Crippen LogP contribution is 2.32. The average Bonchev–Trinajstić information content (AvgIpc) is 2.41. The van der Waals surface area contributed by atoms with E-state index in [1.807, 2.05) is 13.1 Å². The van der Waals surface area contributed by atoms with E-state index in [0.29, 0.717) is 6.04 Å². The van der Waals surface area contributed by atoms with Gasteiger partial charge in [0.1, 0.15) is 5.75 Å². The average molecular weight is 292 g/mol. The number of pyridine rings is 1. The first-order valence-corrected chi connectivity index (χ1v) is 8.05. The molecule has 3 heteroatoms. The summed E-state index contributed by atoms with van der Waals surface area (Å²) in [6, 6.07) is 0.516. The zero-order valence-corrected chi connectivity index (χ0v) is 14.8. The Kier molecular flexibility index (Phi) is 6.66. The number of hydrogen-bond acceptors (Lipinski definition) is 3. The van der Waals surface area contributed by atoms with Crippen LogP contribution in [0.2, 0.25) is 0 Å². The Labute approximate surface area is 130 Å². The van der Waals surface area contributed by atoms with E-state index < -0.39 is 0 Å². The van der Waals surface area contributed by atoms with Crippen LogP contribution in [0.15, 0.2) is 6.20 Å². The second-order valence-corrected chi connectivity index (χ2v) is 6.82. The van der Waals surface area contributed by atoms with Gasteiger partial charge in [0.15, 0.2) is 0 Å². The molecule has 0 aliphatic rings. The van der Waals surface area contributed by atoms with Crippen molar-refractivity contribution in [2.24, 2.45) is 5.41 Å². The highest BCUT2D eigenvalue weighted by Gasteiger charge is 2.26. The van der Waals surface area contributed by atoms with Crippen molar-refractivity contribution in [3.63, 3.8) is 0 Å². The van der Waals surface area contributed by atoms with Crippen molar-refractivity contribution in [1.82, 2.24) is 10.3 Å². The molecule has 120 valence electrons. The molecule has 0 fully saturated rings. The molecular formula is C18H32N2O. The van der Waals surface area contributed by atoms with E-state index in [1.54, 1.807) is 7.11 Å². The zero-order valence-electron chi connectivity index (χ0n) is 14.8. The lowest BCUT2D eigenvalue weighted by atomic mass is 9.80. The molecule has 1 rings (SSSR count). The van der Waals surface area contributed by atoms with Crippen LogP contribution in [0.1, 0.15) is 57.4 Å². The normalized spacial score (nSPS) is 14.3. The van der Waals surface area contributed by atoms with Gasteiger partial charge in [0.25, 0.3) is 0 Å². The molecule has 0 aliphatic heterocycles. The van der Waals surface area contributed by atoms with Crippen LogP contribution in [-0.2, 0) is 6.42 Å². The predicted molar refractivity (Wildman–Crippen MR) is 90.1 cm³/mol. The fourth-order valence-corrected chi connectivity index (χ4v) is 2.95. The third kappa shape index (κ3) is 4.99. The van der Waals surface area contributed by atoms with Crippen molar-refractivity contribution in [3.8, 4) is 5.75 Å². The number of methoxy groups -OCH3 is 1. The first kappa shape index (κ1) is 18.0. The van der Waals surface area contributed by atoms with Crippen LogP contribution in [0.25, 0.3) is 0 Å². The zero-order chi connectivity index (χ0) is 16.0. The first-order valence-electron chi connectivity index (χ1n) is 8.05. The van der Waals surface area contributed by atoms with Gasteiger partial charge in [-0.2, -0.15) is 0 Å². The van der Waals surface area contributed by atoms with Gasteiger partial charge in [0.2, 0.25) is 0 Å². The van der Waals surface area contributed by atoms with Crippen molar-refractivity contribution in [2.45, 2.75) is 66.8 Å². The molecule has 1 unspecified atom stereocenters. The Morgan fingerprint density at radius 3 is 2.52 bits per heavy atom. The van der Waals surface area contributed by atoms with Gasteiger partial charge in [-0.1, -0.05) is 34.1 Å². The largest absolute Gasteiger partial charge is 0.496 e. The molecule has 0 aliphatic carbocycles. The Morgan fingerprint density at radius 1 is 1.33 bits per heavy atom. The lowest BCUT2D eigenvalue weighted by molar-refractivity contribution is 0.263. The molecule has 0 aromatic carbocycles. The minimum absolute atomic E-state index is 0.233. The maximum atomic E-state index is 5.53. The first-order chi connectivity index (χ1) is 9.83. The molecule has 0 spiro atoms. The Bertz CT molecular complexity index is 457. The molecule has 21 heavy (non-hydrogen) atoms. The fourth-order valence-electron chi connectivity index (χ4n) is 2.95. The quantitative estimate of drug-likeness (QED) is 0.784. The summed E-state index contributed by atoms with van der Waals surface area (Å²) in [6.07, 6.45) is 5.31. The molecule has 0 saturated carbocycles. The standard InChI is InChI=1S/C18H32N2O/c1-8-9-18(6,12-20-13(2)3)10-16-15(5)17(21-7)14(4)11-19-16/h11,13,20H,8-10,12H2,1-7H3. The third-order valence-corrected chi connectivity index (χ3v) is 4.13. The van der Waals surface area contributed by atoms with Crippen molar-refractivity contribution < 1.29 is 4.74 Å². The highest BCUT2D eigenvalue weighted by atomic mass is 16.5. The molecular weight excluding hydrogens is 260 g/mol. The smallest absolute Gasteiger partial charge is 0.128 e. The molecule has 1 atom stereocenters. The van der Waals surface area contributed by atoms with Gasteiger partial charge < -0.3 is 10.1 Å². The number of aryl methyl sites for hydroxylation is 1. The van der Waals surface area contributed by atoms with Crippen LogP contribution in [0, 0.1) is 19.3 Å². The summed E-state index contributed by atoms with van der Waals surface area (Å²) in [6.45, 7) is 14.2. The van der Waals surface area contributed by atoms with Gasteiger partial charge >= 0.3 is 0 Å². The molecule has 0 amide bonds. The van der Waals surface area contributed by atoms with Gasteiger partial charge in [-0.05, 0) is 32.1 Å². The van der Waals surface area contributed by atoms with Crippen LogP contribution in [0.3, 0.4) is 0 Å². The molecule has 1 aromatic heterocycles. The van der Waals surface area contributed by atoms with Gasteiger partial charge in [-0.25, -0.2) is 0 Å². The molecule has 3 nitrogen and oxygen atoms in total. The second kappa shape index (κ2) is 7.79. The van der Waals surface area contributed by atoms with E-state index in [4.69, 9.17) is 4.74 Å². The number of hydrogen-bond donors (Lipinski definition) is 1. The van der Waals surface area contributed by atoms with E-state index >= 15 is 0 Å². The molecule has 0 saturated heterocycles. The fraction of sp³-hybridized carbons (Fsp3) is 0.722.